The van der Waals surface area contributed by atoms with E-state index in [4.69, 9.17) is 0 Å². The van der Waals surface area contributed by atoms with Gasteiger partial charge >= 0.3 is 6.18 Å². The monoisotopic (exact) mass is 495 g/mol. The number of hydrogen-bond donors (Lipinski definition) is 2. The van der Waals surface area contributed by atoms with Crippen molar-refractivity contribution >= 4 is 29.9 Å². The molecular formula is C17H37F3IN5. The SMILES string of the molecule is CCNC(=NCCN(C)CC(F)(F)F)NC(C)CCCN(CC)CC.I. The van der Waals surface area contributed by atoms with Crippen LogP contribution >= 0.6 is 24.0 Å². The number of aliphatic imine (C=N–C) groups is 1. The van der Waals surface area contributed by atoms with Crippen LogP contribution in [0.3, 0.4) is 0 Å². The second-order valence-electron chi connectivity index (χ2n) is 6.33. The summed E-state index contributed by atoms with van der Waals surface area (Å²) >= 11 is 0. The first-order chi connectivity index (χ1) is 11.7. The number of rotatable bonds is 12. The standard InChI is InChI=1S/C17H36F3N5.HI/c1-6-21-16(22-11-13-24(5)14-17(18,19)20)23-15(4)10-9-12-25(7-2)8-3;/h15H,6-14H2,1-5H3,(H2,21,22,23);1H. The average molecular weight is 495 g/mol. The Kier molecular flexibility index (Phi) is 16.9. The Morgan fingerprint density at radius 1 is 1.12 bits per heavy atom. The van der Waals surface area contributed by atoms with E-state index in [1.807, 2.05) is 6.92 Å². The van der Waals surface area contributed by atoms with E-state index in [9.17, 15) is 13.2 Å². The maximum Gasteiger partial charge on any atom is 0.401 e. The van der Waals surface area contributed by atoms with Crippen molar-refractivity contribution in [1.82, 2.24) is 20.4 Å². The normalized spacial score (nSPS) is 13.7. The summed E-state index contributed by atoms with van der Waals surface area (Å²) in [5, 5.41) is 6.47. The molecule has 0 saturated heterocycles. The molecule has 0 fully saturated rings. The third-order valence-corrected chi connectivity index (χ3v) is 3.93. The first-order valence-electron chi connectivity index (χ1n) is 9.24. The Hall–Kier alpha value is -0.290. The van der Waals surface area contributed by atoms with E-state index in [1.54, 1.807) is 0 Å². The molecule has 26 heavy (non-hydrogen) atoms. The summed E-state index contributed by atoms with van der Waals surface area (Å²) in [6.45, 7) is 12.0. The highest BCUT2D eigenvalue weighted by molar-refractivity contribution is 14.0. The molecule has 0 amide bonds. The van der Waals surface area contributed by atoms with Crippen molar-refractivity contribution in [3.05, 3.63) is 0 Å². The molecule has 1 atom stereocenters. The zero-order valence-electron chi connectivity index (χ0n) is 16.8. The Bertz CT molecular complexity index is 363. The first kappa shape index (κ1) is 27.9. The summed E-state index contributed by atoms with van der Waals surface area (Å²) in [4.78, 5) is 8.00. The van der Waals surface area contributed by atoms with E-state index < -0.39 is 12.7 Å². The van der Waals surface area contributed by atoms with E-state index in [0.29, 0.717) is 12.5 Å². The van der Waals surface area contributed by atoms with Crippen LogP contribution < -0.4 is 10.6 Å². The van der Waals surface area contributed by atoms with Crippen LogP contribution in [0.5, 0.6) is 0 Å². The molecule has 0 aromatic heterocycles. The quantitative estimate of drug-likeness (QED) is 0.248. The van der Waals surface area contributed by atoms with Gasteiger partial charge in [0.25, 0.3) is 0 Å². The third kappa shape index (κ3) is 15.9. The van der Waals surface area contributed by atoms with E-state index in [2.05, 4.69) is 41.3 Å². The fourth-order valence-corrected chi connectivity index (χ4v) is 2.50. The smallest absolute Gasteiger partial charge is 0.357 e. The Morgan fingerprint density at radius 2 is 1.73 bits per heavy atom. The Balaban J connectivity index is 0. The van der Waals surface area contributed by atoms with E-state index in [0.717, 1.165) is 39.0 Å². The molecular weight excluding hydrogens is 458 g/mol. The maximum atomic E-state index is 12.3. The number of nitrogens with one attached hydrogen (secondary N) is 2. The minimum absolute atomic E-state index is 0. The van der Waals surface area contributed by atoms with Crippen molar-refractivity contribution in [2.24, 2.45) is 4.99 Å². The highest BCUT2D eigenvalue weighted by atomic mass is 127. The van der Waals surface area contributed by atoms with Crippen molar-refractivity contribution in [1.29, 1.82) is 0 Å². The van der Waals surface area contributed by atoms with Gasteiger partial charge in [0.1, 0.15) is 0 Å². The van der Waals surface area contributed by atoms with Gasteiger partial charge in [-0.15, -0.1) is 24.0 Å². The zero-order valence-corrected chi connectivity index (χ0v) is 19.2. The van der Waals surface area contributed by atoms with Crippen LogP contribution in [-0.4, -0.2) is 80.8 Å². The summed E-state index contributed by atoms with van der Waals surface area (Å²) in [5.74, 6) is 0.665. The van der Waals surface area contributed by atoms with Crippen molar-refractivity contribution < 1.29 is 13.2 Å². The van der Waals surface area contributed by atoms with E-state index >= 15 is 0 Å². The summed E-state index contributed by atoms with van der Waals surface area (Å²) < 4.78 is 36.9. The molecule has 1 unspecified atom stereocenters. The van der Waals surface area contributed by atoms with Crippen LogP contribution in [0.2, 0.25) is 0 Å². The van der Waals surface area contributed by atoms with Crippen LogP contribution in [0.1, 0.15) is 40.5 Å². The minimum Gasteiger partial charge on any atom is -0.357 e. The second-order valence-corrected chi connectivity index (χ2v) is 6.33. The molecule has 0 aliphatic rings. The molecule has 158 valence electrons. The van der Waals surface area contributed by atoms with Crippen LogP contribution in [0, 0.1) is 0 Å². The lowest BCUT2D eigenvalue weighted by Gasteiger charge is -2.21. The highest BCUT2D eigenvalue weighted by Gasteiger charge is 2.28. The van der Waals surface area contributed by atoms with Crippen molar-refractivity contribution in [2.75, 3.05) is 52.9 Å². The summed E-state index contributed by atoms with van der Waals surface area (Å²) in [6.07, 6.45) is -2.04. The number of alkyl halides is 3. The Morgan fingerprint density at radius 3 is 2.23 bits per heavy atom. The predicted octanol–water partition coefficient (Wildman–Crippen LogP) is 3.16. The van der Waals surface area contributed by atoms with Crippen molar-refractivity contribution in [3.63, 3.8) is 0 Å². The average Bonchev–Trinajstić information content (AvgIpc) is 2.50. The number of hydrogen-bond acceptors (Lipinski definition) is 3. The molecule has 9 heteroatoms. The fraction of sp³-hybridized carbons (Fsp3) is 0.941. The lowest BCUT2D eigenvalue weighted by molar-refractivity contribution is -0.142. The molecule has 0 saturated carbocycles. The predicted molar refractivity (Wildman–Crippen MR) is 115 cm³/mol. The molecule has 0 aliphatic carbocycles. The molecule has 0 bridgehead atoms. The minimum atomic E-state index is -4.17. The molecule has 5 nitrogen and oxygen atoms in total. The summed E-state index contributed by atoms with van der Waals surface area (Å²) in [7, 11) is 1.46. The fourth-order valence-electron chi connectivity index (χ4n) is 2.50. The van der Waals surface area contributed by atoms with E-state index in [-0.39, 0.29) is 36.6 Å². The van der Waals surface area contributed by atoms with Crippen LogP contribution in [0.15, 0.2) is 4.99 Å². The van der Waals surface area contributed by atoms with Crippen LogP contribution in [0.25, 0.3) is 0 Å². The van der Waals surface area contributed by atoms with Gasteiger partial charge in [-0.1, -0.05) is 13.8 Å². The van der Waals surface area contributed by atoms with Crippen molar-refractivity contribution in [3.8, 4) is 0 Å². The van der Waals surface area contributed by atoms with E-state index in [1.165, 1.54) is 11.9 Å². The van der Waals surface area contributed by atoms with Gasteiger partial charge in [0, 0.05) is 19.1 Å². The molecule has 0 radical (unpaired) electrons. The molecule has 2 N–H and O–H groups in total. The molecule has 0 spiro atoms. The third-order valence-electron chi connectivity index (χ3n) is 3.93. The summed E-state index contributed by atoms with van der Waals surface area (Å²) in [5.41, 5.74) is 0. The lowest BCUT2D eigenvalue weighted by Crippen LogP contribution is -2.43. The molecule has 0 aliphatic heterocycles. The maximum absolute atomic E-state index is 12.3. The molecule has 0 aromatic carbocycles. The second kappa shape index (κ2) is 15.7. The summed E-state index contributed by atoms with van der Waals surface area (Å²) in [6, 6.07) is 0.265. The first-order valence-corrected chi connectivity index (χ1v) is 9.24. The topological polar surface area (TPSA) is 42.9 Å². The van der Waals surface area contributed by atoms with Crippen molar-refractivity contribution in [2.45, 2.75) is 52.8 Å². The molecule has 0 heterocycles. The largest absolute Gasteiger partial charge is 0.401 e. The van der Waals surface area contributed by atoms with Gasteiger partial charge in [-0.05, 0) is 53.4 Å². The number of halogens is 4. The van der Waals surface area contributed by atoms with Gasteiger partial charge in [-0.3, -0.25) is 9.89 Å². The van der Waals surface area contributed by atoms with Gasteiger partial charge in [0.2, 0.25) is 0 Å². The highest BCUT2D eigenvalue weighted by Crippen LogP contribution is 2.15. The van der Waals surface area contributed by atoms with Crippen LogP contribution in [-0.2, 0) is 0 Å². The molecule has 0 aromatic rings. The van der Waals surface area contributed by atoms with Gasteiger partial charge < -0.3 is 15.5 Å². The van der Waals surface area contributed by atoms with Crippen LogP contribution in [0.4, 0.5) is 13.2 Å². The van der Waals surface area contributed by atoms with Gasteiger partial charge in [-0.25, -0.2) is 0 Å². The van der Waals surface area contributed by atoms with Gasteiger partial charge in [0.15, 0.2) is 5.96 Å². The lowest BCUT2D eigenvalue weighted by atomic mass is 10.2. The van der Waals surface area contributed by atoms with Gasteiger partial charge in [0.05, 0.1) is 13.1 Å². The number of guanidine groups is 1. The zero-order chi connectivity index (χ0) is 19.3. The number of nitrogens with zero attached hydrogens (tertiary/aromatic N) is 3. The van der Waals surface area contributed by atoms with Gasteiger partial charge in [-0.2, -0.15) is 13.2 Å². The molecule has 0 rings (SSSR count). The Labute approximate surface area is 174 Å². The number of likely N-dealkylation sites (N-methyl/N-ethyl adjacent to an activating group) is 1.